The molecule has 6 heteroatoms. The van der Waals surface area contributed by atoms with Gasteiger partial charge in [-0.25, -0.2) is 4.79 Å². The summed E-state index contributed by atoms with van der Waals surface area (Å²) in [5.41, 5.74) is 3.04. The Bertz CT molecular complexity index is 833. The van der Waals surface area contributed by atoms with Crippen molar-refractivity contribution in [2.24, 2.45) is 11.8 Å². The fourth-order valence-corrected chi connectivity index (χ4v) is 6.03. The van der Waals surface area contributed by atoms with Crippen LogP contribution in [0.15, 0.2) is 29.5 Å². The number of benzene rings is 1. The zero-order valence-electron chi connectivity index (χ0n) is 15.0. The normalized spacial score (nSPS) is 35.6. The van der Waals surface area contributed by atoms with Gasteiger partial charge in [0, 0.05) is 30.1 Å². The zero-order chi connectivity index (χ0) is 18.2. The Morgan fingerprint density at radius 2 is 2.27 bits per heavy atom. The third-order valence-electron chi connectivity index (χ3n) is 7.13. The molecule has 2 bridgehead atoms. The number of methoxy groups -OCH3 is 1. The molecular weight excluding hydrogens is 332 g/mol. The second-order valence-electron chi connectivity index (χ2n) is 8.08. The van der Waals surface area contributed by atoms with Gasteiger partial charge < -0.3 is 20.3 Å². The van der Waals surface area contributed by atoms with Crippen molar-refractivity contribution < 1.29 is 19.7 Å². The first-order chi connectivity index (χ1) is 12.5. The highest BCUT2D eigenvalue weighted by Crippen LogP contribution is 2.62. The van der Waals surface area contributed by atoms with Gasteiger partial charge in [0.25, 0.3) is 0 Å². The van der Waals surface area contributed by atoms with Gasteiger partial charge in [0.15, 0.2) is 0 Å². The Morgan fingerprint density at radius 3 is 3.00 bits per heavy atom. The quantitative estimate of drug-likeness (QED) is 0.551. The van der Waals surface area contributed by atoms with Crippen molar-refractivity contribution in [2.75, 3.05) is 25.5 Å². The lowest BCUT2D eigenvalue weighted by atomic mass is 9.60. The number of rotatable bonds is 2. The molecule has 1 aromatic carbocycles. The first-order valence-electron chi connectivity index (χ1n) is 9.33. The van der Waals surface area contributed by atoms with Crippen LogP contribution in [0.3, 0.4) is 0 Å². The van der Waals surface area contributed by atoms with Gasteiger partial charge in [-0.3, -0.25) is 4.90 Å². The summed E-state index contributed by atoms with van der Waals surface area (Å²) in [6, 6.07) is 5.90. The summed E-state index contributed by atoms with van der Waals surface area (Å²) in [6.07, 6.45) is 1.24. The van der Waals surface area contributed by atoms with Crippen molar-refractivity contribution in [3.63, 3.8) is 0 Å². The van der Waals surface area contributed by atoms with Gasteiger partial charge in [0.05, 0.1) is 29.9 Å². The van der Waals surface area contributed by atoms with Gasteiger partial charge in [0.2, 0.25) is 0 Å². The molecular formula is C20H24N2O4. The van der Waals surface area contributed by atoms with E-state index in [1.807, 2.05) is 13.0 Å². The minimum Gasteiger partial charge on any atom is -0.506 e. The summed E-state index contributed by atoms with van der Waals surface area (Å²) in [7, 11) is 1.41. The number of nitrogens with zero attached hydrogens (tertiary/aromatic N) is 1. The third-order valence-corrected chi connectivity index (χ3v) is 7.13. The van der Waals surface area contributed by atoms with Crippen LogP contribution in [0.25, 0.3) is 0 Å². The maximum Gasteiger partial charge on any atom is 0.335 e. The van der Waals surface area contributed by atoms with Gasteiger partial charge in [-0.05, 0) is 37.9 Å². The summed E-state index contributed by atoms with van der Waals surface area (Å²) in [5, 5.41) is 24.2. The van der Waals surface area contributed by atoms with Crippen LogP contribution in [-0.2, 0) is 14.9 Å². The summed E-state index contributed by atoms with van der Waals surface area (Å²) >= 11 is 0. The number of ether oxygens (including phenoxy) is 1. The van der Waals surface area contributed by atoms with Crippen LogP contribution >= 0.6 is 0 Å². The van der Waals surface area contributed by atoms with Crippen LogP contribution in [0.5, 0.6) is 5.75 Å². The second kappa shape index (κ2) is 5.24. The number of hydrogen-bond donors (Lipinski definition) is 3. The number of phenols is 1. The molecule has 0 radical (unpaired) electrons. The molecule has 1 aromatic rings. The first kappa shape index (κ1) is 16.1. The summed E-state index contributed by atoms with van der Waals surface area (Å²) in [4.78, 5) is 15.3. The number of hydrogen-bond acceptors (Lipinski definition) is 6. The Kier molecular flexibility index (Phi) is 3.25. The second-order valence-corrected chi connectivity index (χ2v) is 8.08. The molecule has 4 aliphatic rings. The van der Waals surface area contributed by atoms with E-state index in [-0.39, 0.29) is 35.0 Å². The monoisotopic (exact) mass is 356 g/mol. The van der Waals surface area contributed by atoms with E-state index in [2.05, 4.69) is 16.3 Å². The molecule has 1 spiro atoms. The number of nitrogens with one attached hydrogen (secondary N) is 1. The van der Waals surface area contributed by atoms with E-state index < -0.39 is 6.10 Å². The summed E-state index contributed by atoms with van der Waals surface area (Å²) < 4.78 is 5.16. The lowest BCUT2D eigenvalue weighted by Crippen LogP contribution is -2.57. The van der Waals surface area contributed by atoms with Crippen LogP contribution in [-0.4, -0.2) is 53.4 Å². The average molecular weight is 356 g/mol. The maximum absolute atomic E-state index is 12.8. The van der Waals surface area contributed by atoms with Gasteiger partial charge in [0.1, 0.15) is 5.75 Å². The molecule has 6 nitrogen and oxygen atoms in total. The van der Waals surface area contributed by atoms with E-state index in [0.29, 0.717) is 11.3 Å². The molecule has 1 aliphatic carbocycles. The molecule has 2 saturated heterocycles. The zero-order valence-corrected chi connectivity index (χ0v) is 15.0. The lowest BCUT2D eigenvalue weighted by Gasteiger charge is -2.51. The number of piperidine rings is 1. The Hall–Kier alpha value is -2.05. The number of anilines is 1. The van der Waals surface area contributed by atoms with E-state index in [1.165, 1.54) is 7.11 Å². The molecule has 5 atom stereocenters. The van der Waals surface area contributed by atoms with Crippen molar-refractivity contribution in [2.45, 2.75) is 37.3 Å². The highest BCUT2D eigenvalue weighted by Gasteiger charge is 2.63. The number of esters is 1. The van der Waals surface area contributed by atoms with E-state index in [4.69, 9.17) is 4.74 Å². The van der Waals surface area contributed by atoms with Crippen LogP contribution in [0.4, 0.5) is 5.69 Å². The fraction of sp³-hybridized carbons (Fsp3) is 0.550. The van der Waals surface area contributed by atoms with Crippen LogP contribution in [0.1, 0.15) is 25.3 Å². The van der Waals surface area contributed by atoms with Crippen LogP contribution in [0.2, 0.25) is 0 Å². The Labute approximate surface area is 152 Å². The molecule has 26 heavy (non-hydrogen) atoms. The standard InChI is InChI=1S/C20H24N2O4/c1-10(23)12-9-22-7-6-20-13-4-3-5-14(24)17(13)21-18(20)16(19(25)26-2)11(12)8-15(20)22/h3-5,10-12,15,21,23-24H,6-9H2,1-2H3/t10-,11-,12?,15-,20+/m0/s1. The Balaban J connectivity index is 1.79. The highest BCUT2D eigenvalue weighted by molar-refractivity contribution is 5.94. The van der Waals surface area contributed by atoms with Gasteiger partial charge in [-0.15, -0.1) is 0 Å². The molecule has 0 aromatic heterocycles. The van der Waals surface area contributed by atoms with Gasteiger partial charge in [-0.1, -0.05) is 12.1 Å². The molecule has 0 saturated carbocycles. The largest absolute Gasteiger partial charge is 0.506 e. The fourth-order valence-electron chi connectivity index (χ4n) is 6.03. The van der Waals surface area contributed by atoms with Crippen molar-refractivity contribution in [1.82, 2.24) is 4.90 Å². The molecule has 3 aliphatic heterocycles. The number of phenolic OH excluding ortho intramolecular Hbond substituents is 1. The van der Waals surface area contributed by atoms with E-state index >= 15 is 0 Å². The summed E-state index contributed by atoms with van der Waals surface area (Å²) in [6.45, 7) is 3.52. The van der Waals surface area contributed by atoms with Crippen LogP contribution < -0.4 is 5.32 Å². The minimum absolute atomic E-state index is 0.00283. The predicted molar refractivity (Wildman–Crippen MR) is 95.7 cm³/mol. The molecule has 3 heterocycles. The number of fused-ring (bicyclic) bond motifs is 2. The topological polar surface area (TPSA) is 82.0 Å². The smallest absolute Gasteiger partial charge is 0.335 e. The third kappa shape index (κ3) is 1.76. The molecule has 0 amide bonds. The first-order valence-corrected chi connectivity index (χ1v) is 9.33. The predicted octanol–water partition coefficient (Wildman–Crippen LogP) is 1.59. The molecule has 1 unspecified atom stereocenters. The highest BCUT2D eigenvalue weighted by atomic mass is 16.5. The van der Waals surface area contributed by atoms with Crippen molar-refractivity contribution >= 4 is 11.7 Å². The van der Waals surface area contributed by atoms with Crippen molar-refractivity contribution in [3.05, 3.63) is 35.0 Å². The van der Waals surface area contributed by atoms with Crippen LogP contribution in [0, 0.1) is 11.8 Å². The SMILES string of the molecule is COC(=O)C1=C2Nc3c(O)cccc3[C@@]23CCN2CC([C@H](C)O)[C@@H]1C[C@H]23. The number of aliphatic hydroxyl groups excluding tert-OH is 1. The average Bonchev–Trinajstić information content (AvgIpc) is 3.18. The van der Waals surface area contributed by atoms with Gasteiger partial charge >= 0.3 is 5.97 Å². The Morgan fingerprint density at radius 1 is 1.46 bits per heavy atom. The number of carbonyl (C=O) groups is 1. The molecule has 2 fully saturated rings. The van der Waals surface area contributed by atoms with Crippen molar-refractivity contribution in [1.29, 1.82) is 0 Å². The van der Waals surface area contributed by atoms with Crippen molar-refractivity contribution in [3.8, 4) is 5.75 Å². The number of para-hydroxylation sites is 1. The maximum atomic E-state index is 12.8. The van der Waals surface area contributed by atoms with E-state index in [9.17, 15) is 15.0 Å². The molecule has 5 rings (SSSR count). The number of aliphatic hydroxyl groups is 1. The molecule has 138 valence electrons. The van der Waals surface area contributed by atoms with Gasteiger partial charge in [-0.2, -0.15) is 0 Å². The molecule has 3 N–H and O–H groups in total. The van der Waals surface area contributed by atoms with E-state index in [1.54, 1.807) is 6.07 Å². The van der Waals surface area contributed by atoms with E-state index in [0.717, 1.165) is 37.2 Å². The minimum atomic E-state index is -0.494. The number of aromatic hydroxyl groups is 1. The summed E-state index contributed by atoms with van der Waals surface area (Å²) in [5.74, 6) is -0.145. The lowest BCUT2D eigenvalue weighted by molar-refractivity contribution is -0.138. The number of carbonyl (C=O) groups excluding carboxylic acids is 1.